The van der Waals surface area contributed by atoms with Gasteiger partial charge in [-0.2, -0.15) is 5.10 Å². The molecule has 26 heavy (non-hydrogen) atoms. The van der Waals surface area contributed by atoms with Crippen molar-refractivity contribution in [1.82, 2.24) is 5.43 Å². The second kappa shape index (κ2) is 8.48. The molecule has 0 aliphatic carbocycles. The van der Waals surface area contributed by atoms with Gasteiger partial charge in [-0.25, -0.2) is 18.2 Å². The van der Waals surface area contributed by atoms with Crippen LogP contribution < -0.4 is 9.73 Å². The van der Waals surface area contributed by atoms with Crippen molar-refractivity contribution < 1.29 is 17.6 Å². The van der Waals surface area contributed by atoms with Crippen LogP contribution in [0.2, 0.25) is 10.0 Å². The maximum absolute atomic E-state index is 13.0. The molecule has 1 N–H and O–H groups in total. The smallest absolute Gasteiger partial charge is 0.260 e. The Balaban J connectivity index is 2.06. The molecule has 0 spiro atoms. The molecule has 0 unspecified atom stereocenters. The molecule has 6 nitrogen and oxygen atoms in total. The lowest BCUT2D eigenvalue weighted by molar-refractivity contribution is -0.119. The van der Waals surface area contributed by atoms with Gasteiger partial charge < -0.3 is 0 Å². The number of nitrogens with one attached hydrogen (secondary N) is 1. The molecular formula is C16H14Cl2FN3O3S. The number of halogens is 3. The summed E-state index contributed by atoms with van der Waals surface area (Å²) in [6.07, 6.45) is 2.28. The van der Waals surface area contributed by atoms with Crippen LogP contribution in [-0.4, -0.2) is 33.3 Å². The molecule has 2 aromatic carbocycles. The number of hydrogen-bond donors (Lipinski definition) is 1. The predicted octanol–water partition coefficient (Wildman–Crippen LogP) is 3.05. The van der Waals surface area contributed by atoms with Crippen molar-refractivity contribution >= 4 is 51.0 Å². The Bertz CT molecular complexity index is 934. The first-order valence-corrected chi connectivity index (χ1v) is 9.77. The predicted molar refractivity (Wildman–Crippen MR) is 101 cm³/mol. The third-order valence-corrected chi connectivity index (χ3v) is 5.03. The summed E-state index contributed by atoms with van der Waals surface area (Å²) in [5.74, 6) is -1.19. The van der Waals surface area contributed by atoms with E-state index in [-0.39, 0.29) is 5.69 Å². The fourth-order valence-corrected chi connectivity index (χ4v) is 3.11. The summed E-state index contributed by atoms with van der Waals surface area (Å²) in [6, 6.07) is 9.52. The number of amides is 1. The van der Waals surface area contributed by atoms with Gasteiger partial charge in [0.1, 0.15) is 12.4 Å². The highest BCUT2D eigenvalue weighted by Gasteiger charge is 2.20. The van der Waals surface area contributed by atoms with Crippen LogP contribution >= 0.6 is 23.2 Å². The van der Waals surface area contributed by atoms with Crippen LogP contribution in [0.3, 0.4) is 0 Å². The van der Waals surface area contributed by atoms with Crippen LogP contribution in [-0.2, 0) is 14.8 Å². The third-order valence-electron chi connectivity index (χ3n) is 3.15. The summed E-state index contributed by atoms with van der Waals surface area (Å²) in [5.41, 5.74) is 2.98. The molecule has 0 aliphatic rings. The summed E-state index contributed by atoms with van der Waals surface area (Å²) < 4.78 is 37.7. The molecule has 0 aliphatic heterocycles. The molecule has 0 heterocycles. The van der Waals surface area contributed by atoms with Crippen molar-refractivity contribution in [3.05, 3.63) is 63.9 Å². The van der Waals surface area contributed by atoms with Gasteiger partial charge in [-0.1, -0.05) is 29.3 Å². The number of nitrogens with zero attached hydrogens (tertiary/aromatic N) is 2. The van der Waals surface area contributed by atoms with E-state index in [9.17, 15) is 17.6 Å². The van der Waals surface area contributed by atoms with Crippen molar-refractivity contribution in [2.24, 2.45) is 5.10 Å². The van der Waals surface area contributed by atoms with E-state index < -0.39 is 28.3 Å². The van der Waals surface area contributed by atoms with Crippen LogP contribution in [0.25, 0.3) is 0 Å². The Morgan fingerprint density at radius 3 is 2.42 bits per heavy atom. The van der Waals surface area contributed by atoms with Gasteiger partial charge >= 0.3 is 0 Å². The summed E-state index contributed by atoms with van der Waals surface area (Å²) >= 11 is 11.7. The zero-order valence-electron chi connectivity index (χ0n) is 13.5. The molecule has 0 bridgehead atoms. The van der Waals surface area contributed by atoms with Crippen LogP contribution in [0.5, 0.6) is 0 Å². The van der Waals surface area contributed by atoms with E-state index in [0.29, 0.717) is 15.6 Å². The van der Waals surface area contributed by atoms with Crippen LogP contribution in [0.1, 0.15) is 5.56 Å². The molecular weight excluding hydrogens is 404 g/mol. The molecule has 10 heteroatoms. The lowest BCUT2D eigenvalue weighted by Gasteiger charge is -2.21. The monoisotopic (exact) mass is 417 g/mol. The van der Waals surface area contributed by atoms with Crippen LogP contribution in [0, 0.1) is 5.82 Å². The zero-order chi connectivity index (χ0) is 19.3. The Kier molecular flexibility index (Phi) is 6.57. The van der Waals surface area contributed by atoms with Crippen molar-refractivity contribution in [3.63, 3.8) is 0 Å². The second-order valence-electron chi connectivity index (χ2n) is 5.21. The van der Waals surface area contributed by atoms with Gasteiger partial charge in [0.05, 0.1) is 28.2 Å². The first-order valence-electron chi connectivity index (χ1n) is 7.17. The molecule has 0 atom stereocenters. The SMILES string of the molecule is CS(=O)(=O)N(CC(=O)N/N=C\c1ccc(Cl)c(Cl)c1)c1ccc(F)cc1. The number of hydrogen-bond acceptors (Lipinski definition) is 4. The average molecular weight is 418 g/mol. The van der Waals surface area contributed by atoms with Crippen molar-refractivity contribution in [2.45, 2.75) is 0 Å². The molecule has 2 aromatic rings. The highest BCUT2D eigenvalue weighted by molar-refractivity contribution is 7.92. The van der Waals surface area contributed by atoms with Crippen molar-refractivity contribution in [1.29, 1.82) is 0 Å². The maximum Gasteiger partial charge on any atom is 0.260 e. The standard InChI is InChI=1S/C16H14Cl2FN3O3S/c1-26(24,25)22(13-5-3-12(19)4-6-13)10-16(23)21-20-9-11-2-7-14(17)15(18)8-11/h2-9H,10H2,1H3,(H,21,23)/b20-9-. The van der Waals surface area contributed by atoms with Crippen LogP contribution in [0.4, 0.5) is 10.1 Å². The van der Waals surface area contributed by atoms with Gasteiger partial charge in [0.15, 0.2) is 0 Å². The number of rotatable bonds is 6. The van der Waals surface area contributed by atoms with Crippen molar-refractivity contribution in [2.75, 3.05) is 17.1 Å². The number of carbonyl (C=O) groups is 1. The number of sulfonamides is 1. The normalized spacial score (nSPS) is 11.5. The Morgan fingerprint density at radius 2 is 1.85 bits per heavy atom. The van der Waals surface area contributed by atoms with Gasteiger partial charge in [0, 0.05) is 0 Å². The minimum atomic E-state index is -3.75. The fraction of sp³-hybridized carbons (Fsp3) is 0.125. The average Bonchev–Trinajstić information content (AvgIpc) is 2.56. The quantitative estimate of drug-likeness (QED) is 0.579. The van der Waals surface area contributed by atoms with E-state index in [1.807, 2.05) is 0 Å². The molecule has 0 saturated heterocycles. The minimum absolute atomic E-state index is 0.164. The first-order chi connectivity index (χ1) is 12.2. The van der Waals surface area contributed by atoms with E-state index in [2.05, 4.69) is 10.5 Å². The van der Waals surface area contributed by atoms with E-state index >= 15 is 0 Å². The van der Waals surface area contributed by atoms with Gasteiger partial charge in [-0.15, -0.1) is 0 Å². The molecule has 0 fully saturated rings. The largest absolute Gasteiger partial charge is 0.271 e. The lowest BCUT2D eigenvalue weighted by Crippen LogP contribution is -2.39. The Morgan fingerprint density at radius 1 is 1.19 bits per heavy atom. The second-order valence-corrected chi connectivity index (χ2v) is 7.93. The molecule has 1 amide bonds. The molecule has 0 aromatic heterocycles. The maximum atomic E-state index is 13.0. The summed E-state index contributed by atoms with van der Waals surface area (Å²) in [7, 11) is -3.75. The lowest BCUT2D eigenvalue weighted by atomic mass is 10.2. The Hall–Kier alpha value is -2.16. The van der Waals surface area contributed by atoms with E-state index in [1.54, 1.807) is 18.2 Å². The van der Waals surface area contributed by atoms with E-state index in [1.165, 1.54) is 18.3 Å². The summed E-state index contributed by atoms with van der Waals surface area (Å²) in [6.45, 7) is -0.511. The molecule has 2 rings (SSSR count). The number of benzene rings is 2. The van der Waals surface area contributed by atoms with Crippen molar-refractivity contribution in [3.8, 4) is 0 Å². The highest BCUT2D eigenvalue weighted by Crippen LogP contribution is 2.21. The van der Waals surface area contributed by atoms with Gasteiger partial charge in [-0.05, 0) is 42.0 Å². The van der Waals surface area contributed by atoms with Gasteiger partial charge in [0.2, 0.25) is 10.0 Å². The minimum Gasteiger partial charge on any atom is -0.271 e. The highest BCUT2D eigenvalue weighted by atomic mass is 35.5. The number of hydrazone groups is 1. The zero-order valence-corrected chi connectivity index (χ0v) is 15.8. The summed E-state index contributed by atoms with van der Waals surface area (Å²) in [4.78, 5) is 12.0. The van der Waals surface area contributed by atoms with Crippen LogP contribution in [0.15, 0.2) is 47.6 Å². The Labute approximate surface area is 160 Å². The molecule has 138 valence electrons. The van der Waals surface area contributed by atoms with Gasteiger partial charge in [0.25, 0.3) is 5.91 Å². The first kappa shape index (κ1) is 20.2. The number of anilines is 1. The fourth-order valence-electron chi connectivity index (χ4n) is 1.94. The summed E-state index contributed by atoms with van der Waals surface area (Å²) in [5, 5.41) is 4.47. The van der Waals surface area contributed by atoms with E-state index in [0.717, 1.165) is 22.7 Å². The van der Waals surface area contributed by atoms with E-state index in [4.69, 9.17) is 23.2 Å². The van der Waals surface area contributed by atoms with Gasteiger partial charge in [-0.3, -0.25) is 9.10 Å². The number of carbonyl (C=O) groups excluding carboxylic acids is 1. The topological polar surface area (TPSA) is 78.8 Å². The molecule has 0 saturated carbocycles. The third kappa shape index (κ3) is 5.69. The molecule has 0 radical (unpaired) electrons.